The Morgan fingerprint density at radius 2 is 1.57 bits per heavy atom. The highest BCUT2D eigenvalue weighted by molar-refractivity contribution is 6.07. The van der Waals surface area contributed by atoms with Crippen LogP contribution in [-0.4, -0.2) is 73.2 Å². The van der Waals surface area contributed by atoms with E-state index in [1.165, 1.54) is 0 Å². The summed E-state index contributed by atoms with van der Waals surface area (Å²) >= 11 is 0. The number of para-hydroxylation sites is 2. The standard InChI is InChI=1S/C38H36F2N4O3/c1-26-12-14-27(15-13-26)36-30(37(47)41-28-8-4-3-5-9-28)16-17-34(31(36)25-45)44-19-18-38(39,40)32(29-10-6-7-11-33(29)44)24-35(46)43-22-20-42(2)21-23-43/h3-17,24,36H,18-23H2,1-2H3,(H,41,47). The largest absolute Gasteiger partial charge is 0.340 e. The third-order valence-electron chi connectivity index (χ3n) is 9.01. The van der Waals surface area contributed by atoms with Crippen molar-refractivity contribution in [1.82, 2.24) is 9.80 Å². The van der Waals surface area contributed by atoms with Gasteiger partial charge in [0.25, 0.3) is 11.8 Å². The van der Waals surface area contributed by atoms with Gasteiger partial charge in [-0.25, -0.2) is 13.6 Å². The normalized spacial score (nSPS) is 20.5. The topological polar surface area (TPSA) is 73.0 Å². The van der Waals surface area contributed by atoms with Gasteiger partial charge >= 0.3 is 0 Å². The Morgan fingerprint density at radius 1 is 0.894 bits per heavy atom. The van der Waals surface area contributed by atoms with Gasteiger partial charge in [0.2, 0.25) is 5.91 Å². The number of anilines is 2. The van der Waals surface area contributed by atoms with Gasteiger partial charge in [0.15, 0.2) is 0 Å². The van der Waals surface area contributed by atoms with Crippen LogP contribution in [-0.2, 0) is 14.4 Å². The first-order valence-electron chi connectivity index (χ1n) is 15.7. The van der Waals surface area contributed by atoms with E-state index >= 15 is 8.78 Å². The van der Waals surface area contributed by atoms with Crippen LogP contribution in [0.1, 0.15) is 29.0 Å². The van der Waals surface area contributed by atoms with Crippen LogP contribution in [0, 0.1) is 6.92 Å². The molecule has 2 heterocycles. The summed E-state index contributed by atoms with van der Waals surface area (Å²) in [5.41, 5.74) is 3.47. The Balaban J connectivity index is 1.43. The molecule has 1 atom stereocenters. The second-order valence-corrected chi connectivity index (χ2v) is 12.2. The summed E-state index contributed by atoms with van der Waals surface area (Å²) < 4.78 is 32.1. The van der Waals surface area contributed by atoms with Gasteiger partial charge in [-0.1, -0.05) is 72.3 Å². The van der Waals surface area contributed by atoms with Crippen LogP contribution >= 0.6 is 0 Å². The molecule has 0 aromatic heterocycles. The van der Waals surface area contributed by atoms with E-state index in [1.807, 2.05) is 56.4 Å². The van der Waals surface area contributed by atoms with Crippen LogP contribution in [0.25, 0.3) is 5.57 Å². The SMILES string of the molecule is Cc1ccc(C2C(=C=O)C(N3CCC(F)(F)C(=CC(=O)N4CCN(C)CC4)c4ccccc43)=CC=C2C(=O)Nc2ccccc2)cc1. The molecule has 0 radical (unpaired) electrons. The van der Waals surface area contributed by atoms with Crippen molar-refractivity contribution in [2.75, 3.05) is 50.0 Å². The van der Waals surface area contributed by atoms with Crippen LogP contribution < -0.4 is 10.2 Å². The molecule has 240 valence electrons. The van der Waals surface area contributed by atoms with Crippen LogP contribution in [0.3, 0.4) is 0 Å². The Labute approximate surface area is 273 Å². The minimum atomic E-state index is -3.32. The minimum absolute atomic E-state index is 0.138. The predicted molar refractivity (Wildman–Crippen MR) is 180 cm³/mol. The molecule has 47 heavy (non-hydrogen) atoms. The number of rotatable bonds is 5. The number of carbonyl (C=O) groups excluding carboxylic acids is 3. The molecule has 1 unspecified atom stereocenters. The summed E-state index contributed by atoms with van der Waals surface area (Å²) in [5, 5.41) is 2.91. The number of hydrogen-bond donors (Lipinski definition) is 1. The van der Waals surface area contributed by atoms with Gasteiger partial charge in [-0.15, -0.1) is 0 Å². The minimum Gasteiger partial charge on any atom is -0.340 e. The molecule has 1 aliphatic carbocycles. The number of allylic oxidation sites excluding steroid dienone is 4. The zero-order chi connectivity index (χ0) is 33.1. The van der Waals surface area contributed by atoms with E-state index in [0.717, 1.165) is 11.6 Å². The number of halogens is 2. The van der Waals surface area contributed by atoms with Gasteiger partial charge in [0, 0.05) is 73.3 Å². The number of likely N-dealkylation sites (N-methyl/N-ethyl adjacent to an activating group) is 1. The van der Waals surface area contributed by atoms with Crippen LogP contribution in [0.4, 0.5) is 20.2 Å². The zero-order valence-corrected chi connectivity index (χ0v) is 26.4. The highest BCUT2D eigenvalue weighted by Gasteiger charge is 2.43. The molecule has 1 fully saturated rings. The van der Waals surface area contributed by atoms with E-state index in [-0.39, 0.29) is 29.2 Å². The second kappa shape index (κ2) is 13.3. The van der Waals surface area contributed by atoms with E-state index in [9.17, 15) is 14.4 Å². The Morgan fingerprint density at radius 3 is 2.28 bits per heavy atom. The third-order valence-corrected chi connectivity index (χ3v) is 9.01. The molecule has 2 amide bonds. The summed E-state index contributed by atoms with van der Waals surface area (Å²) in [6.07, 6.45) is 3.77. The zero-order valence-electron chi connectivity index (χ0n) is 26.4. The number of alkyl halides is 2. The van der Waals surface area contributed by atoms with Gasteiger partial charge in [-0.2, -0.15) is 0 Å². The monoisotopic (exact) mass is 634 g/mol. The van der Waals surface area contributed by atoms with Crippen LogP contribution in [0.2, 0.25) is 0 Å². The fraction of sp³-hybridized carbons (Fsp3) is 0.263. The van der Waals surface area contributed by atoms with Gasteiger partial charge in [-0.3, -0.25) is 9.59 Å². The molecule has 0 bridgehead atoms. The summed E-state index contributed by atoms with van der Waals surface area (Å²) in [6.45, 7) is 4.08. The van der Waals surface area contributed by atoms with Crippen LogP contribution in [0.5, 0.6) is 0 Å². The molecule has 9 heteroatoms. The van der Waals surface area contributed by atoms with E-state index in [0.29, 0.717) is 54.4 Å². The highest BCUT2D eigenvalue weighted by Crippen LogP contribution is 2.47. The van der Waals surface area contributed by atoms with Crippen molar-refractivity contribution in [3.05, 3.63) is 131 Å². The number of nitrogens with zero attached hydrogens (tertiary/aromatic N) is 3. The number of aryl methyl sites for hydroxylation is 1. The van der Waals surface area contributed by atoms with E-state index in [1.54, 1.807) is 58.4 Å². The third kappa shape index (κ3) is 6.59. The van der Waals surface area contributed by atoms with E-state index < -0.39 is 24.2 Å². The lowest BCUT2D eigenvalue weighted by Gasteiger charge is -2.33. The van der Waals surface area contributed by atoms with Crippen molar-refractivity contribution in [3.8, 4) is 0 Å². The van der Waals surface area contributed by atoms with Gasteiger partial charge < -0.3 is 20.0 Å². The first-order valence-corrected chi connectivity index (χ1v) is 15.7. The van der Waals surface area contributed by atoms with Crippen molar-refractivity contribution < 1.29 is 23.2 Å². The van der Waals surface area contributed by atoms with Crippen molar-refractivity contribution in [2.45, 2.75) is 25.2 Å². The van der Waals surface area contributed by atoms with Crippen molar-refractivity contribution in [1.29, 1.82) is 0 Å². The number of amides is 2. The molecule has 0 spiro atoms. The number of piperazine rings is 1. The molecule has 6 rings (SSSR count). The summed E-state index contributed by atoms with van der Waals surface area (Å²) in [4.78, 5) is 45.3. The molecule has 3 aromatic carbocycles. The molecule has 3 aliphatic rings. The number of hydrogen-bond acceptors (Lipinski definition) is 5. The summed E-state index contributed by atoms with van der Waals surface area (Å²) in [5.74, 6) is -2.86. The lowest BCUT2D eigenvalue weighted by Crippen LogP contribution is -2.46. The smallest absolute Gasteiger partial charge is 0.275 e. The van der Waals surface area contributed by atoms with E-state index in [4.69, 9.17) is 0 Å². The maximum atomic E-state index is 16.0. The van der Waals surface area contributed by atoms with Gasteiger partial charge in [0.1, 0.15) is 5.94 Å². The molecular weight excluding hydrogens is 598 g/mol. The van der Waals surface area contributed by atoms with Crippen molar-refractivity contribution >= 4 is 34.7 Å². The van der Waals surface area contributed by atoms with Crippen molar-refractivity contribution in [3.63, 3.8) is 0 Å². The first-order chi connectivity index (χ1) is 22.7. The number of nitrogens with one attached hydrogen (secondary N) is 1. The average molecular weight is 635 g/mol. The maximum absolute atomic E-state index is 16.0. The number of benzene rings is 3. The molecule has 2 aliphatic heterocycles. The predicted octanol–water partition coefficient (Wildman–Crippen LogP) is 6.00. The van der Waals surface area contributed by atoms with Gasteiger partial charge in [-0.05, 0) is 43.8 Å². The fourth-order valence-electron chi connectivity index (χ4n) is 6.36. The molecular formula is C38H36F2N4O3. The summed E-state index contributed by atoms with van der Waals surface area (Å²) in [6, 6.07) is 23.3. The van der Waals surface area contributed by atoms with Gasteiger partial charge in [0.05, 0.1) is 17.2 Å². The first kappa shape index (κ1) is 31.9. The highest BCUT2D eigenvalue weighted by atomic mass is 19.3. The maximum Gasteiger partial charge on any atom is 0.275 e. The number of fused-ring (bicyclic) bond motifs is 1. The van der Waals surface area contributed by atoms with E-state index in [2.05, 4.69) is 16.2 Å². The number of carbonyl (C=O) groups is 2. The Hall–Kier alpha value is -5.11. The lowest BCUT2D eigenvalue weighted by molar-refractivity contribution is -0.127. The molecule has 7 nitrogen and oxygen atoms in total. The quantitative estimate of drug-likeness (QED) is 0.275. The summed E-state index contributed by atoms with van der Waals surface area (Å²) in [7, 11) is 1.96. The Bertz CT molecular complexity index is 1820. The fourth-order valence-corrected chi connectivity index (χ4v) is 6.36. The lowest BCUT2D eigenvalue weighted by atomic mass is 9.79. The Kier molecular flexibility index (Phi) is 9.03. The second-order valence-electron chi connectivity index (χ2n) is 12.2. The van der Waals surface area contributed by atoms with Crippen molar-refractivity contribution in [2.24, 2.45) is 0 Å². The molecule has 0 saturated carbocycles. The average Bonchev–Trinajstić information content (AvgIpc) is 3.18. The molecule has 1 saturated heterocycles. The van der Waals surface area contributed by atoms with Crippen LogP contribution in [0.15, 0.2) is 114 Å². The molecule has 1 N–H and O–H groups in total. The molecule has 3 aromatic rings.